The highest BCUT2D eigenvalue weighted by molar-refractivity contribution is 7.17. The van der Waals surface area contributed by atoms with E-state index < -0.39 is 0 Å². The number of amides is 1. The summed E-state index contributed by atoms with van der Waals surface area (Å²) < 4.78 is 11.5. The average molecular weight is 480 g/mol. The largest absolute Gasteiger partial charge is 0.496 e. The molecule has 9 heteroatoms. The van der Waals surface area contributed by atoms with Crippen molar-refractivity contribution >= 4 is 39.2 Å². The second-order valence-electron chi connectivity index (χ2n) is 9.26. The molecule has 5 heterocycles. The third kappa shape index (κ3) is 3.81. The van der Waals surface area contributed by atoms with Crippen LogP contribution in [0, 0.1) is 5.92 Å². The summed E-state index contributed by atoms with van der Waals surface area (Å²) in [6.45, 7) is 3.07. The van der Waals surface area contributed by atoms with Crippen LogP contribution in [0.2, 0.25) is 0 Å². The van der Waals surface area contributed by atoms with Crippen molar-refractivity contribution in [2.24, 2.45) is 5.92 Å². The number of para-hydroxylation sites is 1. The maximum atomic E-state index is 13.0. The number of nitrogens with zero attached hydrogens (tertiary/aromatic N) is 3. The lowest BCUT2D eigenvalue weighted by molar-refractivity contribution is -0.120. The number of methoxy groups -OCH3 is 1. The van der Waals surface area contributed by atoms with Crippen molar-refractivity contribution in [1.82, 2.24) is 15.3 Å². The van der Waals surface area contributed by atoms with Crippen molar-refractivity contribution in [3.63, 3.8) is 0 Å². The summed E-state index contributed by atoms with van der Waals surface area (Å²) in [5.74, 6) is 2.03. The summed E-state index contributed by atoms with van der Waals surface area (Å²) in [6, 6.07) is 8.62. The molecular weight excluding hydrogens is 450 g/mol. The Morgan fingerprint density at radius 1 is 1.18 bits per heavy atom. The van der Waals surface area contributed by atoms with E-state index in [-0.39, 0.29) is 23.9 Å². The van der Waals surface area contributed by atoms with Crippen LogP contribution in [-0.2, 0) is 9.53 Å². The van der Waals surface area contributed by atoms with Crippen LogP contribution in [0.1, 0.15) is 25.7 Å². The average Bonchev–Trinajstić information content (AvgIpc) is 3.41. The Kier molecular flexibility index (Phi) is 5.84. The first-order chi connectivity index (χ1) is 16.7. The molecule has 3 unspecified atom stereocenters. The van der Waals surface area contributed by atoms with Gasteiger partial charge in [-0.05, 0) is 38.3 Å². The predicted molar refractivity (Wildman–Crippen MR) is 134 cm³/mol. The highest BCUT2D eigenvalue weighted by Gasteiger charge is 2.40. The lowest BCUT2D eigenvalue weighted by Gasteiger charge is -2.36. The zero-order chi connectivity index (χ0) is 23.1. The van der Waals surface area contributed by atoms with Crippen LogP contribution in [0.25, 0.3) is 21.3 Å². The number of fused-ring (bicyclic) bond motifs is 3. The summed E-state index contributed by atoms with van der Waals surface area (Å²) >= 11 is 1.58. The number of rotatable bonds is 5. The minimum absolute atomic E-state index is 0.0102. The molecular formula is C25H29N5O3S. The van der Waals surface area contributed by atoms with Gasteiger partial charge in [0.1, 0.15) is 16.4 Å². The highest BCUT2D eigenvalue weighted by Crippen LogP contribution is 2.45. The fourth-order valence-corrected chi connectivity index (χ4v) is 6.43. The topological polar surface area (TPSA) is 88.6 Å². The minimum Gasteiger partial charge on any atom is -0.496 e. The Labute approximate surface area is 202 Å². The van der Waals surface area contributed by atoms with Crippen molar-refractivity contribution in [3.8, 4) is 16.9 Å². The van der Waals surface area contributed by atoms with Crippen LogP contribution in [0.3, 0.4) is 0 Å². The fourth-order valence-electron chi connectivity index (χ4n) is 5.49. The van der Waals surface area contributed by atoms with E-state index in [0.717, 1.165) is 65.1 Å². The Bertz CT molecular complexity index is 1190. The molecule has 0 aliphatic carbocycles. The molecule has 2 aromatic heterocycles. The second kappa shape index (κ2) is 9.13. The highest BCUT2D eigenvalue weighted by atomic mass is 32.1. The maximum Gasteiger partial charge on any atom is 0.232 e. The molecule has 1 amide bonds. The molecule has 178 valence electrons. The van der Waals surface area contributed by atoms with Crippen LogP contribution in [-0.4, -0.2) is 61.4 Å². The van der Waals surface area contributed by atoms with Gasteiger partial charge in [-0.1, -0.05) is 18.2 Å². The molecule has 0 saturated carbocycles. The first-order valence-electron chi connectivity index (χ1n) is 12.0. The lowest BCUT2D eigenvalue weighted by Crippen LogP contribution is -2.46. The SMILES string of the molecule is COc1ccccc1-c1csc2nc(NC(=O)C3CCCNC3)nc(N3C4CCC3COC4)c12. The Hall–Kier alpha value is -2.75. The molecule has 2 bridgehead atoms. The molecule has 1 aromatic carbocycles. The van der Waals surface area contributed by atoms with E-state index in [0.29, 0.717) is 25.7 Å². The minimum atomic E-state index is -0.0523. The molecule has 2 N–H and O–H groups in total. The van der Waals surface area contributed by atoms with Gasteiger partial charge in [-0.2, -0.15) is 4.98 Å². The number of thiophene rings is 1. The van der Waals surface area contributed by atoms with Crippen molar-refractivity contribution in [3.05, 3.63) is 29.6 Å². The summed E-state index contributed by atoms with van der Waals surface area (Å²) in [7, 11) is 1.70. The fraction of sp³-hybridized carbons (Fsp3) is 0.480. The summed E-state index contributed by atoms with van der Waals surface area (Å²) in [6.07, 6.45) is 4.06. The number of anilines is 2. The quantitative estimate of drug-likeness (QED) is 0.577. The molecule has 3 fully saturated rings. The smallest absolute Gasteiger partial charge is 0.232 e. The van der Waals surface area contributed by atoms with E-state index in [9.17, 15) is 4.79 Å². The third-order valence-corrected chi connectivity index (χ3v) is 8.07. The Balaban J connectivity index is 1.46. The van der Waals surface area contributed by atoms with Gasteiger partial charge in [-0.15, -0.1) is 11.3 Å². The molecule has 6 rings (SSSR count). The number of hydrogen-bond donors (Lipinski definition) is 2. The lowest BCUT2D eigenvalue weighted by atomic mass is 9.99. The molecule has 8 nitrogen and oxygen atoms in total. The van der Waals surface area contributed by atoms with E-state index in [2.05, 4.69) is 27.0 Å². The summed E-state index contributed by atoms with van der Waals surface area (Å²) in [5, 5.41) is 9.48. The second-order valence-corrected chi connectivity index (χ2v) is 10.1. The van der Waals surface area contributed by atoms with Gasteiger partial charge in [0, 0.05) is 23.1 Å². The van der Waals surface area contributed by atoms with Crippen LogP contribution in [0.5, 0.6) is 5.75 Å². The molecule has 3 aliphatic heterocycles. The van der Waals surface area contributed by atoms with Gasteiger partial charge >= 0.3 is 0 Å². The summed E-state index contributed by atoms with van der Waals surface area (Å²) in [4.78, 5) is 26.0. The summed E-state index contributed by atoms with van der Waals surface area (Å²) in [5.41, 5.74) is 2.08. The standard InChI is InChI=1S/C25H29N5O3S/c1-32-20-7-3-2-6-18(20)19-14-34-24-21(19)22(30-16-8-9-17(30)13-33-12-16)27-25(29-24)28-23(31)15-5-4-10-26-11-15/h2-3,6-7,14-17,26H,4-5,8-13H2,1H3,(H,27,28,29,31). The molecule has 3 atom stereocenters. The molecule has 3 aliphatic rings. The number of nitrogens with one attached hydrogen (secondary N) is 2. The van der Waals surface area contributed by atoms with Crippen molar-refractivity contribution in [1.29, 1.82) is 0 Å². The first kappa shape index (κ1) is 21.8. The van der Waals surface area contributed by atoms with Crippen LogP contribution >= 0.6 is 11.3 Å². The molecule has 3 saturated heterocycles. The molecule has 0 radical (unpaired) electrons. The number of carbonyl (C=O) groups excluding carboxylic acids is 1. The van der Waals surface area contributed by atoms with E-state index >= 15 is 0 Å². The van der Waals surface area contributed by atoms with Crippen molar-refractivity contribution in [2.45, 2.75) is 37.8 Å². The molecule has 34 heavy (non-hydrogen) atoms. The Morgan fingerprint density at radius 2 is 2.00 bits per heavy atom. The van der Waals surface area contributed by atoms with Crippen LogP contribution in [0.15, 0.2) is 29.6 Å². The van der Waals surface area contributed by atoms with Gasteiger partial charge in [0.2, 0.25) is 11.9 Å². The number of hydrogen-bond acceptors (Lipinski definition) is 8. The zero-order valence-electron chi connectivity index (χ0n) is 19.3. The Morgan fingerprint density at radius 3 is 2.76 bits per heavy atom. The number of morpholine rings is 1. The van der Waals surface area contributed by atoms with Crippen molar-refractivity contribution < 1.29 is 14.3 Å². The van der Waals surface area contributed by atoms with Crippen molar-refractivity contribution in [2.75, 3.05) is 43.6 Å². The van der Waals surface area contributed by atoms with E-state index in [1.54, 1.807) is 18.4 Å². The maximum absolute atomic E-state index is 13.0. The van der Waals surface area contributed by atoms with Gasteiger partial charge in [0.05, 0.1) is 43.7 Å². The third-order valence-electron chi connectivity index (χ3n) is 7.20. The number of aromatic nitrogens is 2. The van der Waals surface area contributed by atoms with E-state index in [1.807, 2.05) is 18.2 Å². The van der Waals surface area contributed by atoms with Gasteiger partial charge in [-0.3, -0.25) is 10.1 Å². The van der Waals surface area contributed by atoms with Crippen LogP contribution < -0.4 is 20.3 Å². The van der Waals surface area contributed by atoms with Gasteiger partial charge in [-0.25, -0.2) is 4.98 Å². The number of piperidine rings is 1. The van der Waals surface area contributed by atoms with Crippen LogP contribution in [0.4, 0.5) is 11.8 Å². The number of ether oxygens (including phenoxy) is 2. The van der Waals surface area contributed by atoms with E-state index in [4.69, 9.17) is 19.4 Å². The monoisotopic (exact) mass is 479 g/mol. The van der Waals surface area contributed by atoms with Gasteiger partial charge < -0.3 is 19.7 Å². The van der Waals surface area contributed by atoms with E-state index in [1.165, 1.54) is 0 Å². The molecule has 0 spiro atoms. The number of benzene rings is 1. The first-order valence-corrected chi connectivity index (χ1v) is 12.9. The van der Waals surface area contributed by atoms with Gasteiger partial charge in [0.25, 0.3) is 0 Å². The normalized spacial score (nSPS) is 24.4. The predicted octanol–water partition coefficient (Wildman–Crippen LogP) is 3.67. The molecule has 3 aromatic rings. The zero-order valence-corrected chi connectivity index (χ0v) is 20.1. The van der Waals surface area contributed by atoms with Gasteiger partial charge in [0.15, 0.2) is 0 Å². The number of carbonyl (C=O) groups is 1.